The fraction of sp³-hybridized carbons (Fsp3) is 0.316. The van der Waals surface area contributed by atoms with E-state index in [1.807, 2.05) is 24.3 Å². The van der Waals surface area contributed by atoms with Gasteiger partial charge in [0.1, 0.15) is 5.75 Å². The molecular formula is C19H18F3N5O. The van der Waals surface area contributed by atoms with Crippen LogP contribution in [0.4, 0.5) is 13.2 Å². The second-order valence-electron chi connectivity index (χ2n) is 6.62. The van der Waals surface area contributed by atoms with Crippen LogP contribution >= 0.6 is 0 Å². The van der Waals surface area contributed by atoms with Crippen LogP contribution in [0.3, 0.4) is 0 Å². The van der Waals surface area contributed by atoms with E-state index in [1.165, 1.54) is 6.20 Å². The van der Waals surface area contributed by atoms with Crippen LogP contribution in [-0.4, -0.2) is 38.7 Å². The number of hydrogen-bond acceptors (Lipinski definition) is 5. The zero-order valence-corrected chi connectivity index (χ0v) is 15.1. The van der Waals surface area contributed by atoms with Crippen molar-refractivity contribution < 1.29 is 17.9 Å². The molecule has 0 saturated carbocycles. The smallest absolute Gasteiger partial charge is 0.451 e. The molecule has 28 heavy (non-hydrogen) atoms. The second-order valence-corrected chi connectivity index (χ2v) is 6.62. The van der Waals surface area contributed by atoms with Crippen molar-refractivity contribution in [3.05, 3.63) is 59.3 Å². The van der Waals surface area contributed by atoms with Gasteiger partial charge in [0, 0.05) is 48.9 Å². The van der Waals surface area contributed by atoms with E-state index in [2.05, 4.69) is 25.1 Å². The Balaban J connectivity index is 1.50. The maximum absolute atomic E-state index is 12.8. The lowest BCUT2D eigenvalue weighted by Crippen LogP contribution is -2.31. The third-order valence-corrected chi connectivity index (χ3v) is 4.76. The average molecular weight is 389 g/mol. The normalized spacial score (nSPS) is 14.7. The van der Waals surface area contributed by atoms with Gasteiger partial charge in [-0.3, -0.25) is 10.00 Å². The summed E-state index contributed by atoms with van der Waals surface area (Å²) in [6.07, 6.45) is -0.998. The van der Waals surface area contributed by atoms with Crippen LogP contribution in [-0.2, 0) is 25.7 Å². The number of nitrogens with one attached hydrogen (secondary N) is 1. The van der Waals surface area contributed by atoms with Gasteiger partial charge in [-0.25, -0.2) is 9.97 Å². The predicted molar refractivity (Wildman–Crippen MR) is 95.4 cm³/mol. The van der Waals surface area contributed by atoms with Gasteiger partial charge in [-0.15, -0.1) is 0 Å². The largest absolute Gasteiger partial charge is 0.497 e. The molecular weight excluding hydrogens is 371 g/mol. The molecule has 1 aromatic carbocycles. The quantitative estimate of drug-likeness (QED) is 0.740. The molecule has 0 fully saturated rings. The molecule has 3 aromatic rings. The van der Waals surface area contributed by atoms with Crippen molar-refractivity contribution >= 4 is 0 Å². The highest BCUT2D eigenvalue weighted by Crippen LogP contribution is 2.29. The topological polar surface area (TPSA) is 66.9 Å². The summed E-state index contributed by atoms with van der Waals surface area (Å²) in [6, 6.07) is 7.67. The van der Waals surface area contributed by atoms with Crippen LogP contribution in [0.2, 0.25) is 0 Å². The number of benzene rings is 1. The number of rotatable bonds is 4. The van der Waals surface area contributed by atoms with Gasteiger partial charge < -0.3 is 4.74 Å². The average Bonchev–Trinajstić information content (AvgIpc) is 3.15. The predicted octanol–water partition coefficient (Wildman–Crippen LogP) is 3.45. The minimum Gasteiger partial charge on any atom is -0.497 e. The lowest BCUT2D eigenvalue weighted by Gasteiger charge is -2.28. The summed E-state index contributed by atoms with van der Waals surface area (Å²) in [5, 5.41) is 7.18. The Kier molecular flexibility index (Phi) is 4.76. The Labute approximate surface area is 159 Å². The highest BCUT2D eigenvalue weighted by Gasteiger charge is 2.35. The van der Waals surface area contributed by atoms with Crippen molar-refractivity contribution in [2.75, 3.05) is 13.7 Å². The number of halogens is 3. The molecule has 0 aliphatic carbocycles. The van der Waals surface area contributed by atoms with Gasteiger partial charge >= 0.3 is 6.18 Å². The molecule has 0 unspecified atom stereocenters. The fourth-order valence-electron chi connectivity index (χ4n) is 3.33. The molecule has 0 saturated heterocycles. The molecule has 6 nitrogen and oxygen atoms in total. The standard InChI is InChI=1S/C19H18F3N5O/c1-28-15-4-2-12(3-5-15)17-14(9-24-26-17)11-27-7-6-16-13(10-27)8-23-18(25-16)19(20,21)22/h2-5,8-9H,6-7,10-11H2,1H3,(H,24,26). The Morgan fingerprint density at radius 1 is 1.18 bits per heavy atom. The molecule has 1 N–H and O–H groups in total. The molecule has 3 heterocycles. The van der Waals surface area contributed by atoms with Crippen molar-refractivity contribution in [3.8, 4) is 17.0 Å². The Morgan fingerprint density at radius 2 is 1.96 bits per heavy atom. The summed E-state index contributed by atoms with van der Waals surface area (Å²) in [7, 11) is 1.62. The third-order valence-electron chi connectivity index (χ3n) is 4.76. The Morgan fingerprint density at radius 3 is 2.68 bits per heavy atom. The first kappa shape index (κ1) is 18.4. The molecule has 9 heteroatoms. The maximum atomic E-state index is 12.8. The molecule has 146 valence electrons. The SMILES string of the molecule is COc1ccc(-c2[nH]ncc2CN2CCc3nc(C(F)(F)F)ncc3C2)cc1. The number of aromatic nitrogens is 4. The van der Waals surface area contributed by atoms with Gasteiger partial charge in [0.05, 0.1) is 24.7 Å². The van der Waals surface area contributed by atoms with Crippen molar-refractivity contribution in [1.29, 1.82) is 0 Å². The molecule has 0 bridgehead atoms. The zero-order valence-electron chi connectivity index (χ0n) is 15.1. The number of hydrogen-bond donors (Lipinski definition) is 1. The van der Waals surface area contributed by atoms with Gasteiger partial charge in [0.15, 0.2) is 0 Å². The highest BCUT2D eigenvalue weighted by molar-refractivity contribution is 5.63. The number of alkyl halides is 3. The fourth-order valence-corrected chi connectivity index (χ4v) is 3.33. The van der Waals surface area contributed by atoms with Crippen molar-refractivity contribution in [2.24, 2.45) is 0 Å². The summed E-state index contributed by atoms with van der Waals surface area (Å²) >= 11 is 0. The van der Waals surface area contributed by atoms with E-state index >= 15 is 0 Å². The van der Waals surface area contributed by atoms with E-state index in [0.717, 1.165) is 28.1 Å². The second kappa shape index (κ2) is 7.23. The summed E-state index contributed by atoms with van der Waals surface area (Å²) in [5.41, 5.74) is 4.12. The number of H-pyrrole nitrogens is 1. The first-order valence-electron chi connectivity index (χ1n) is 8.75. The van der Waals surface area contributed by atoms with E-state index < -0.39 is 12.0 Å². The van der Waals surface area contributed by atoms with E-state index in [9.17, 15) is 13.2 Å². The van der Waals surface area contributed by atoms with Gasteiger partial charge in [-0.05, 0) is 24.3 Å². The van der Waals surface area contributed by atoms with E-state index in [4.69, 9.17) is 4.74 Å². The van der Waals surface area contributed by atoms with Gasteiger partial charge in [0.2, 0.25) is 5.82 Å². The molecule has 4 rings (SSSR count). The lowest BCUT2D eigenvalue weighted by molar-refractivity contribution is -0.145. The minimum atomic E-state index is -4.52. The summed E-state index contributed by atoms with van der Waals surface area (Å²) in [5.74, 6) is -0.299. The summed E-state index contributed by atoms with van der Waals surface area (Å²) < 4.78 is 43.5. The van der Waals surface area contributed by atoms with Crippen LogP contribution in [0, 0.1) is 0 Å². The molecule has 1 aliphatic rings. The molecule has 0 atom stereocenters. The summed E-state index contributed by atoms with van der Waals surface area (Å²) in [4.78, 5) is 9.34. The third kappa shape index (κ3) is 3.70. The number of aromatic amines is 1. The van der Waals surface area contributed by atoms with Gasteiger partial charge in [-0.1, -0.05) is 0 Å². The van der Waals surface area contributed by atoms with Crippen molar-refractivity contribution in [2.45, 2.75) is 25.7 Å². The van der Waals surface area contributed by atoms with Crippen molar-refractivity contribution in [3.63, 3.8) is 0 Å². The first-order chi connectivity index (χ1) is 13.4. The van der Waals surface area contributed by atoms with Gasteiger partial charge in [0.25, 0.3) is 0 Å². The highest BCUT2D eigenvalue weighted by atomic mass is 19.4. The minimum absolute atomic E-state index is 0.455. The number of methoxy groups -OCH3 is 1. The summed E-state index contributed by atoms with van der Waals surface area (Å²) in [6.45, 7) is 1.74. The zero-order chi connectivity index (χ0) is 19.7. The monoisotopic (exact) mass is 389 g/mol. The molecule has 0 radical (unpaired) electrons. The molecule has 0 spiro atoms. The molecule has 0 amide bonds. The van der Waals surface area contributed by atoms with E-state index in [1.54, 1.807) is 13.3 Å². The van der Waals surface area contributed by atoms with Gasteiger partial charge in [-0.2, -0.15) is 18.3 Å². The van der Waals surface area contributed by atoms with E-state index in [-0.39, 0.29) is 0 Å². The van der Waals surface area contributed by atoms with Crippen LogP contribution in [0.15, 0.2) is 36.7 Å². The molecule has 1 aliphatic heterocycles. The van der Waals surface area contributed by atoms with Crippen LogP contribution < -0.4 is 4.74 Å². The van der Waals surface area contributed by atoms with Crippen LogP contribution in [0.25, 0.3) is 11.3 Å². The van der Waals surface area contributed by atoms with Crippen LogP contribution in [0.1, 0.15) is 22.6 Å². The maximum Gasteiger partial charge on any atom is 0.451 e. The van der Waals surface area contributed by atoms with Crippen molar-refractivity contribution in [1.82, 2.24) is 25.1 Å². The first-order valence-corrected chi connectivity index (χ1v) is 8.75. The Hall–Kier alpha value is -2.94. The van der Waals surface area contributed by atoms with Crippen LogP contribution in [0.5, 0.6) is 5.75 Å². The number of fused-ring (bicyclic) bond motifs is 1. The lowest BCUT2D eigenvalue weighted by atomic mass is 10.0. The molecule has 2 aromatic heterocycles. The number of ether oxygens (including phenoxy) is 1. The Bertz CT molecular complexity index is 968. The number of nitrogens with zero attached hydrogens (tertiary/aromatic N) is 4. The van der Waals surface area contributed by atoms with E-state index in [0.29, 0.717) is 31.7 Å².